The van der Waals surface area contributed by atoms with Crippen LogP contribution in [0.2, 0.25) is 0 Å². The molecule has 5 heteroatoms. The molecule has 24 heavy (non-hydrogen) atoms. The van der Waals surface area contributed by atoms with Crippen molar-refractivity contribution in [2.24, 2.45) is 0 Å². The van der Waals surface area contributed by atoms with Gasteiger partial charge in [0.1, 0.15) is 0 Å². The first-order valence-electron chi connectivity index (χ1n) is 8.60. The number of hydrogen-bond donors (Lipinski definition) is 0. The van der Waals surface area contributed by atoms with Gasteiger partial charge in [-0.3, -0.25) is 9.48 Å². The Kier molecular flexibility index (Phi) is 4.88. The van der Waals surface area contributed by atoms with Crippen molar-refractivity contribution in [2.75, 3.05) is 25.5 Å². The molecule has 3 rings (SSSR count). The van der Waals surface area contributed by atoms with Gasteiger partial charge >= 0.3 is 0 Å². The van der Waals surface area contributed by atoms with Gasteiger partial charge in [0, 0.05) is 45.5 Å². The van der Waals surface area contributed by atoms with E-state index in [4.69, 9.17) is 0 Å². The fraction of sp³-hybridized carbons (Fsp3) is 0.474. The van der Waals surface area contributed by atoms with Gasteiger partial charge in [0.05, 0.1) is 12.2 Å². The summed E-state index contributed by atoms with van der Waals surface area (Å²) in [4.78, 5) is 16.9. The van der Waals surface area contributed by atoms with Crippen LogP contribution in [0, 0.1) is 6.92 Å². The van der Waals surface area contributed by atoms with Gasteiger partial charge in [-0.1, -0.05) is 12.1 Å². The van der Waals surface area contributed by atoms with Gasteiger partial charge in [-0.15, -0.1) is 0 Å². The molecule has 1 aromatic heterocycles. The summed E-state index contributed by atoms with van der Waals surface area (Å²) in [7, 11) is 4.09. The number of likely N-dealkylation sites (tertiary alicyclic amines) is 1. The summed E-state index contributed by atoms with van der Waals surface area (Å²) in [5, 5.41) is 4.26. The van der Waals surface area contributed by atoms with Crippen LogP contribution in [0.3, 0.4) is 0 Å². The van der Waals surface area contributed by atoms with Gasteiger partial charge in [-0.05, 0) is 43.0 Å². The highest BCUT2D eigenvalue weighted by Gasteiger charge is 2.29. The van der Waals surface area contributed by atoms with Crippen molar-refractivity contribution in [2.45, 2.75) is 38.8 Å². The third-order valence-electron chi connectivity index (χ3n) is 4.66. The van der Waals surface area contributed by atoms with E-state index in [1.807, 2.05) is 43.0 Å². The average molecular weight is 326 g/mol. The van der Waals surface area contributed by atoms with E-state index in [1.54, 1.807) is 0 Å². The SMILES string of the molecule is Cc1cnn(CCC(=O)N2CCCC2c2cccc(N(C)C)c2)c1. The monoisotopic (exact) mass is 326 g/mol. The molecular formula is C19H26N4O. The molecule has 1 amide bonds. The molecule has 0 N–H and O–H groups in total. The Morgan fingerprint density at radius 2 is 2.21 bits per heavy atom. The topological polar surface area (TPSA) is 41.4 Å². The van der Waals surface area contributed by atoms with Crippen LogP contribution in [0.25, 0.3) is 0 Å². The summed E-state index contributed by atoms with van der Waals surface area (Å²) in [6, 6.07) is 8.73. The molecule has 1 aliphatic heterocycles. The Bertz CT molecular complexity index is 707. The summed E-state index contributed by atoms with van der Waals surface area (Å²) in [6.45, 7) is 3.51. The smallest absolute Gasteiger partial charge is 0.224 e. The van der Waals surface area contributed by atoms with Crippen LogP contribution in [0.15, 0.2) is 36.7 Å². The molecule has 1 fully saturated rings. The first-order chi connectivity index (χ1) is 11.5. The highest BCUT2D eigenvalue weighted by molar-refractivity contribution is 5.77. The van der Waals surface area contributed by atoms with Gasteiger partial charge in [-0.25, -0.2) is 0 Å². The van der Waals surface area contributed by atoms with Crippen LogP contribution >= 0.6 is 0 Å². The highest BCUT2D eigenvalue weighted by atomic mass is 16.2. The molecule has 1 aromatic carbocycles. The van der Waals surface area contributed by atoms with Crippen molar-refractivity contribution in [1.29, 1.82) is 0 Å². The Morgan fingerprint density at radius 3 is 2.92 bits per heavy atom. The Labute approximate surface area is 143 Å². The van der Waals surface area contributed by atoms with Crippen LogP contribution < -0.4 is 4.90 Å². The molecule has 1 saturated heterocycles. The zero-order chi connectivity index (χ0) is 17.1. The van der Waals surface area contributed by atoms with Crippen molar-refractivity contribution in [1.82, 2.24) is 14.7 Å². The molecule has 0 spiro atoms. The quantitative estimate of drug-likeness (QED) is 0.848. The maximum Gasteiger partial charge on any atom is 0.224 e. The number of aryl methyl sites for hydroxylation is 2. The summed E-state index contributed by atoms with van der Waals surface area (Å²) in [5.41, 5.74) is 3.54. The Morgan fingerprint density at radius 1 is 1.38 bits per heavy atom. The number of amides is 1. The zero-order valence-corrected chi connectivity index (χ0v) is 14.8. The first-order valence-corrected chi connectivity index (χ1v) is 8.60. The van der Waals surface area contributed by atoms with Crippen LogP contribution in [0.5, 0.6) is 0 Å². The molecule has 0 bridgehead atoms. The molecule has 128 valence electrons. The number of hydrogen-bond acceptors (Lipinski definition) is 3. The van der Waals surface area contributed by atoms with Crippen LogP contribution in [0.4, 0.5) is 5.69 Å². The number of carbonyl (C=O) groups excluding carboxylic acids is 1. The molecule has 2 aromatic rings. The molecule has 0 aliphatic carbocycles. The van der Waals surface area contributed by atoms with E-state index < -0.39 is 0 Å². The second-order valence-corrected chi connectivity index (χ2v) is 6.77. The Hall–Kier alpha value is -2.30. The van der Waals surface area contributed by atoms with Crippen LogP contribution in [-0.2, 0) is 11.3 Å². The average Bonchev–Trinajstić information content (AvgIpc) is 3.21. The lowest BCUT2D eigenvalue weighted by molar-refractivity contribution is -0.132. The zero-order valence-electron chi connectivity index (χ0n) is 14.8. The lowest BCUT2D eigenvalue weighted by atomic mass is 10.0. The minimum Gasteiger partial charge on any atom is -0.378 e. The van der Waals surface area contributed by atoms with Gasteiger partial charge in [0.15, 0.2) is 0 Å². The summed E-state index contributed by atoms with van der Waals surface area (Å²) in [6.07, 6.45) is 6.43. The van der Waals surface area contributed by atoms with Crippen molar-refractivity contribution in [3.63, 3.8) is 0 Å². The van der Waals surface area contributed by atoms with E-state index in [0.717, 1.165) is 24.9 Å². The second kappa shape index (κ2) is 7.07. The van der Waals surface area contributed by atoms with Gasteiger partial charge < -0.3 is 9.80 Å². The number of rotatable bonds is 5. The predicted octanol–water partition coefficient (Wildman–Crippen LogP) is 3.01. The summed E-state index contributed by atoms with van der Waals surface area (Å²) in [5.74, 6) is 0.223. The van der Waals surface area contributed by atoms with Crippen LogP contribution in [0.1, 0.15) is 36.4 Å². The van der Waals surface area contributed by atoms with Crippen molar-refractivity contribution >= 4 is 11.6 Å². The van der Waals surface area contributed by atoms with Gasteiger partial charge in [-0.2, -0.15) is 5.10 Å². The van der Waals surface area contributed by atoms with E-state index in [2.05, 4.69) is 34.3 Å². The largest absolute Gasteiger partial charge is 0.378 e. The normalized spacial score (nSPS) is 17.3. The van der Waals surface area contributed by atoms with E-state index in [0.29, 0.717) is 13.0 Å². The molecule has 0 saturated carbocycles. The third kappa shape index (κ3) is 3.61. The summed E-state index contributed by atoms with van der Waals surface area (Å²) < 4.78 is 1.85. The molecular weight excluding hydrogens is 300 g/mol. The molecule has 2 heterocycles. The maximum absolute atomic E-state index is 12.7. The first kappa shape index (κ1) is 16.6. The third-order valence-corrected chi connectivity index (χ3v) is 4.66. The van der Waals surface area contributed by atoms with Crippen LogP contribution in [-0.4, -0.2) is 41.2 Å². The van der Waals surface area contributed by atoms with E-state index in [1.165, 1.54) is 11.3 Å². The number of benzene rings is 1. The van der Waals surface area contributed by atoms with Crippen molar-refractivity contribution in [3.05, 3.63) is 47.8 Å². The fourth-order valence-corrected chi connectivity index (χ4v) is 3.37. The maximum atomic E-state index is 12.7. The molecule has 1 atom stereocenters. The fourth-order valence-electron chi connectivity index (χ4n) is 3.37. The minimum atomic E-state index is 0.205. The minimum absolute atomic E-state index is 0.205. The lowest BCUT2D eigenvalue weighted by Gasteiger charge is -2.26. The van der Waals surface area contributed by atoms with E-state index >= 15 is 0 Å². The molecule has 0 radical (unpaired) electrons. The lowest BCUT2D eigenvalue weighted by Crippen LogP contribution is -2.31. The highest BCUT2D eigenvalue weighted by Crippen LogP contribution is 2.33. The standard InChI is InChI=1S/C19H26N4O/c1-15-13-20-22(14-15)11-9-19(24)23-10-5-8-18(23)16-6-4-7-17(12-16)21(2)3/h4,6-7,12-14,18H,5,8-11H2,1-3H3. The molecule has 1 aliphatic rings. The van der Waals surface area contributed by atoms with Gasteiger partial charge in [0.2, 0.25) is 5.91 Å². The predicted molar refractivity (Wildman–Crippen MR) is 96.0 cm³/mol. The Balaban J connectivity index is 1.68. The van der Waals surface area contributed by atoms with E-state index in [9.17, 15) is 4.79 Å². The van der Waals surface area contributed by atoms with Crippen molar-refractivity contribution < 1.29 is 4.79 Å². The van der Waals surface area contributed by atoms with E-state index in [-0.39, 0.29) is 11.9 Å². The molecule has 1 unspecified atom stereocenters. The summed E-state index contributed by atoms with van der Waals surface area (Å²) >= 11 is 0. The number of nitrogens with zero attached hydrogens (tertiary/aromatic N) is 4. The number of anilines is 1. The van der Waals surface area contributed by atoms with Crippen molar-refractivity contribution in [3.8, 4) is 0 Å². The number of carbonyl (C=O) groups is 1. The molecule has 5 nitrogen and oxygen atoms in total. The number of aromatic nitrogens is 2. The second-order valence-electron chi connectivity index (χ2n) is 6.77. The van der Waals surface area contributed by atoms with Gasteiger partial charge in [0.25, 0.3) is 0 Å².